The fourth-order valence-corrected chi connectivity index (χ4v) is 3.68. The summed E-state index contributed by atoms with van der Waals surface area (Å²) in [6, 6.07) is 6.41. The van der Waals surface area contributed by atoms with Crippen molar-refractivity contribution in [3.63, 3.8) is 0 Å². The maximum absolute atomic E-state index is 8.76. The lowest BCUT2D eigenvalue weighted by Crippen LogP contribution is -2.36. The third-order valence-corrected chi connectivity index (χ3v) is 4.82. The molecular formula is C15H21ClN4O. The van der Waals surface area contributed by atoms with Crippen molar-refractivity contribution in [1.82, 2.24) is 4.90 Å². The van der Waals surface area contributed by atoms with Crippen molar-refractivity contribution >= 4 is 23.1 Å². The Hall–Kier alpha value is -1.46. The first-order chi connectivity index (χ1) is 10.2. The standard InChI is InChI=1S/C15H21ClN4O/c16-14-9-11(4-5-13(14)15(17)18-21)20-8-2-7-19-6-1-3-12(19)10-20/h4-5,9,12,21H,1-3,6-8,10H2,(H2,17,18). The molecule has 0 amide bonds. The number of fused-ring (bicyclic) bond motifs is 1. The Morgan fingerprint density at radius 1 is 1.29 bits per heavy atom. The van der Waals surface area contributed by atoms with E-state index in [9.17, 15) is 0 Å². The number of anilines is 1. The molecule has 2 heterocycles. The molecule has 2 saturated heterocycles. The number of benzene rings is 1. The Balaban J connectivity index is 1.81. The molecule has 3 rings (SSSR count). The van der Waals surface area contributed by atoms with Gasteiger partial charge in [0.15, 0.2) is 5.84 Å². The predicted molar refractivity (Wildman–Crippen MR) is 85.4 cm³/mol. The van der Waals surface area contributed by atoms with Crippen molar-refractivity contribution < 1.29 is 5.21 Å². The molecule has 2 fully saturated rings. The number of hydrogen-bond acceptors (Lipinski definition) is 4. The van der Waals surface area contributed by atoms with Crippen LogP contribution >= 0.6 is 11.6 Å². The van der Waals surface area contributed by atoms with Gasteiger partial charge in [-0.15, -0.1) is 0 Å². The van der Waals surface area contributed by atoms with Gasteiger partial charge in [-0.3, -0.25) is 4.90 Å². The molecule has 114 valence electrons. The Morgan fingerprint density at radius 3 is 2.86 bits per heavy atom. The Bertz CT molecular complexity index is 548. The zero-order valence-corrected chi connectivity index (χ0v) is 12.8. The van der Waals surface area contributed by atoms with Gasteiger partial charge in [0.05, 0.1) is 5.02 Å². The van der Waals surface area contributed by atoms with Crippen LogP contribution in [0.2, 0.25) is 5.02 Å². The van der Waals surface area contributed by atoms with Crippen molar-refractivity contribution in [2.24, 2.45) is 10.9 Å². The predicted octanol–water partition coefficient (Wildman–Crippen LogP) is 2.11. The van der Waals surface area contributed by atoms with E-state index < -0.39 is 0 Å². The quantitative estimate of drug-likeness (QED) is 0.380. The van der Waals surface area contributed by atoms with Gasteiger partial charge in [0.2, 0.25) is 0 Å². The third-order valence-electron chi connectivity index (χ3n) is 4.51. The van der Waals surface area contributed by atoms with Gasteiger partial charge >= 0.3 is 0 Å². The van der Waals surface area contributed by atoms with Gasteiger partial charge in [-0.25, -0.2) is 0 Å². The highest BCUT2D eigenvalue weighted by Gasteiger charge is 2.28. The summed E-state index contributed by atoms with van der Waals surface area (Å²) in [4.78, 5) is 5.00. The van der Waals surface area contributed by atoms with Crippen LogP contribution < -0.4 is 10.6 Å². The normalized spacial score (nSPS) is 24.0. The summed E-state index contributed by atoms with van der Waals surface area (Å²) in [6.45, 7) is 4.53. The molecule has 1 aromatic rings. The van der Waals surface area contributed by atoms with E-state index in [2.05, 4.69) is 15.0 Å². The summed E-state index contributed by atoms with van der Waals surface area (Å²) < 4.78 is 0. The lowest BCUT2D eigenvalue weighted by Gasteiger charge is -2.27. The molecule has 0 spiro atoms. The summed E-state index contributed by atoms with van der Waals surface area (Å²) >= 11 is 6.27. The minimum atomic E-state index is 0.0457. The molecule has 1 atom stereocenters. The van der Waals surface area contributed by atoms with Gasteiger partial charge in [0.25, 0.3) is 0 Å². The largest absolute Gasteiger partial charge is 0.409 e. The second-order valence-corrected chi connectivity index (χ2v) is 6.19. The number of oxime groups is 1. The SMILES string of the molecule is NC(=NO)c1ccc(N2CCCN3CCCC3C2)cc1Cl. The molecule has 0 aliphatic carbocycles. The van der Waals surface area contributed by atoms with Crippen LogP contribution in [0.1, 0.15) is 24.8 Å². The smallest absolute Gasteiger partial charge is 0.171 e. The first-order valence-corrected chi connectivity index (χ1v) is 7.83. The average Bonchev–Trinajstić information content (AvgIpc) is 2.83. The van der Waals surface area contributed by atoms with Crippen LogP contribution in [0.3, 0.4) is 0 Å². The first-order valence-electron chi connectivity index (χ1n) is 7.45. The van der Waals surface area contributed by atoms with E-state index in [1.54, 1.807) is 0 Å². The lowest BCUT2D eigenvalue weighted by molar-refractivity contribution is 0.273. The second kappa shape index (κ2) is 6.12. The van der Waals surface area contributed by atoms with Crippen LogP contribution in [0.25, 0.3) is 0 Å². The topological polar surface area (TPSA) is 65.1 Å². The van der Waals surface area contributed by atoms with E-state index in [0.717, 1.165) is 18.8 Å². The van der Waals surface area contributed by atoms with Crippen LogP contribution in [-0.2, 0) is 0 Å². The van der Waals surface area contributed by atoms with E-state index in [0.29, 0.717) is 16.6 Å². The van der Waals surface area contributed by atoms with Crippen LogP contribution in [-0.4, -0.2) is 48.2 Å². The van der Waals surface area contributed by atoms with E-state index in [4.69, 9.17) is 22.5 Å². The summed E-state index contributed by atoms with van der Waals surface area (Å²) in [6.07, 6.45) is 3.77. The maximum Gasteiger partial charge on any atom is 0.171 e. The maximum atomic E-state index is 8.76. The molecule has 1 unspecified atom stereocenters. The molecule has 0 aromatic heterocycles. The molecular weight excluding hydrogens is 288 g/mol. The fraction of sp³-hybridized carbons (Fsp3) is 0.533. The Kier molecular flexibility index (Phi) is 4.22. The molecule has 0 saturated carbocycles. The second-order valence-electron chi connectivity index (χ2n) is 5.78. The van der Waals surface area contributed by atoms with Gasteiger partial charge in [0.1, 0.15) is 0 Å². The van der Waals surface area contributed by atoms with Gasteiger partial charge < -0.3 is 15.8 Å². The van der Waals surface area contributed by atoms with Crippen LogP contribution in [0.15, 0.2) is 23.4 Å². The summed E-state index contributed by atoms with van der Waals surface area (Å²) in [7, 11) is 0. The number of nitrogens with two attached hydrogens (primary N) is 1. The van der Waals surface area contributed by atoms with E-state index in [1.807, 2.05) is 18.2 Å². The third kappa shape index (κ3) is 2.94. The van der Waals surface area contributed by atoms with Gasteiger partial charge in [-0.1, -0.05) is 16.8 Å². The molecule has 0 bridgehead atoms. The van der Waals surface area contributed by atoms with Gasteiger partial charge in [-0.2, -0.15) is 0 Å². The zero-order valence-electron chi connectivity index (χ0n) is 12.0. The number of rotatable bonds is 2. The summed E-state index contributed by atoms with van der Waals surface area (Å²) in [5.41, 5.74) is 7.30. The monoisotopic (exact) mass is 308 g/mol. The van der Waals surface area contributed by atoms with Crippen LogP contribution in [0.4, 0.5) is 5.69 Å². The van der Waals surface area contributed by atoms with Crippen molar-refractivity contribution in [3.8, 4) is 0 Å². The van der Waals surface area contributed by atoms with E-state index in [-0.39, 0.29) is 5.84 Å². The number of halogens is 1. The highest BCUT2D eigenvalue weighted by molar-refractivity contribution is 6.34. The van der Waals surface area contributed by atoms with Crippen molar-refractivity contribution in [3.05, 3.63) is 28.8 Å². The first kappa shape index (κ1) is 14.5. The highest BCUT2D eigenvalue weighted by atomic mass is 35.5. The molecule has 6 heteroatoms. The molecule has 0 radical (unpaired) electrons. The van der Waals surface area contributed by atoms with Gasteiger partial charge in [0, 0.05) is 36.9 Å². The van der Waals surface area contributed by atoms with Gasteiger partial charge in [-0.05, 0) is 44.0 Å². The van der Waals surface area contributed by atoms with Crippen LogP contribution in [0, 0.1) is 0 Å². The average molecular weight is 309 g/mol. The lowest BCUT2D eigenvalue weighted by atomic mass is 10.1. The molecule has 5 nitrogen and oxygen atoms in total. The molecule has 2 aliphatic rings. The van der Waals surface area contributed by atoms with Crippen molar-refractivity contribution in [2.45, 2.75) is 25.3 Å². The summed E-state index contributed by atoms with van der Waals surface area (Å²) in [5, 5.41) is 12.3. The van der Waals surface area contributed by atoms with Crippen molar-refractivity contribution in [1.29, 1.82) is 0 Å². The minimum Gasteiger partial charge on any atom is -0.409 e. The molecule has 3 N–H and O–H groups in total. The summed E-state index contributed by atoms with van der Waals surface area (Å²) in [5.74, 6) is 0.0457. The number of hydrogen-bond donors (Lipinski definition) is 2. The fourth-order valence-electron chi connectivity index (χ4n) is 3.40. The number of amidine groups is 1. The van der Waals surface area contributed by atoms with Crippen LogP contribution in [0.5, 0.6) is 0 Å². The zero-order chi connectivity index (χ0) is 14.8. The van der Waals surface area contributed by atoms with Crippen molar-refractivity contribution in [2.75, 3.05) is 31.1 Å². The minimum absolute atomic E-state index is 0.0457. The molecule has 21 heavy (non-hydrogen) atoms. The molecule has 1 aromatic carbocycles. The van der Waals surface area contributed by atoms with E-state index >= 15 is 0 Å². The van der Waals surface area contributed by atoms with E-state index in [1.165, 1.54) is 32.4 Å². The number of nitrogens with zero attached hydrogens (tertiary/aromatic N) is 3. The Morgan fingerprint density at radius 2 is 2.10 bits per heavy atom. The molecule has 2 aliphatic heterocycles. The Labute approximate surface area is 130 Å². The highest BCUT2D eigenvalue weighted by Crippen LogP contribution is 2.28.